The van der Waals surface area contributed by atoms with Crippen LogP contribution in [0, 0.1) is 6.92 Å². The Morgan fingerprint density at radius 2 is 1.69 bits per heavy atom. The van der Waals surface area contributed by atoms with E-state index in [2.05, 4.69) is 20.7 Å². The first-order valence-corrected chi connectivity index (χ1v) is 9.96. The molecule has 0 aliphatic heterocycles. The normalized spacial score (nSPS) is 10.6. The van der Waals surface area contributed by atoms with Gasteiger partial charge in [0.2, 0.25) is 5.82 Å². The minimum atomic E-state index is -0.224. The third kappa shape index (κ3) is 4.54. The number of nitrogens with one attached hydrogen (secondary N) is 1. The number of carbonyl (C=O) groups is 2. The lowest BCUT2D eigenvalue weighted by Gasteiger charge is -2.10. The number of carbonyl (C=O) groups excluding carboxylic acids is 2. The first-order valence-electron chi connectivity index (χ1n) is 9.96. The van der Waals surface area contributed by atoms with Crippen molar-refractivity contribution < 1.29 is 14.3 Å². The topological polar surface area (TPSA) is 99.0 Å². The molecule has 0 saturated carbocycles. The molecule has 1 aromatic heterocycles. The number of amides is 1. The van der Waals surface area contributed by atoms with E-state index in [0.717, 1.165) is 5.56 Å². The zero-order valence-corrected chi connectivity index (χ0v) is 17.6. The molecule has 160 valence electrons. The van der Waals surface area contributed by atoms with E-state index in [1.54, 1.807) is 49.6 Å². The van der Waals surface area contributed by atoms with Gasteiger partial charge in [-0.2, -0.15) is 4.80 Å². The molecule has 1 amide bonds. The maximum atomic E-state index is 12.7. The van der Waals surface area contributed by atoms with Gasteiger partial charge in [0, 0.05) is 16.7 Å². The Balaban J connectivity index is 1.52. The van der Waals surface area contributed by atoms with Gasteiger partial charge in [-0.05, 0) is 60.2 Å². The van der Waals surface area contributed by atoms with Crippen molar-refractivity contribution in [3.05, 3.63) is 89.5 Å². The number of methoxy groups -OCH3 is 1. The van der Waals surface area contributed by atoms with E-state index in [1.165, 1.54) is 4.80 Å². The van der Waals surface area contributed by atoms with Gasteiger partial charge in [0.05, 0.1) is 12.8 Å². The van der Waals surface area contributed by atoms with E-state index in [-0.39, 0.29) is 18.2 Å². The third-order valence-electron chi connectivity index (χ3n) is 4.96. The number of ketones is 1. The van der Waals surface area contributed by atoms with Crippen molar-refractivity contribution in [1.29, 1.82) is 0 Å². The Morgan fingerprint density at radius 3 is 2.44 bits per heavy atom. The zero-order chi connectivity index (χ0) is 22.5. The molecule has 0 fully saturated rings. The summed E-state index contributed by atoms with van der Waals surface area (Å²) in [6.45, 7) is 1.82. The average Bonchev–Trinajstić information content (AvgIpc) is 3.28. The molecule has 8 heteroatoms. The van der Waals surface area contributed by atoms with Gasteiger partial charge in [0.15, 0.2) is 5.78 Å². The number of nitrogens with zero attached hydrogens (tertiary/aromatic N) is 4. The van der Waals surface area contributed by atoms with Crippen molar-refractivity contribution >= 4 is 17.4 Å². The first kappa shape index (κ1) is 20.9. The van der Waals surface area contributed by atoms with Crippen LogP contribution in [0.15, 0.2) is 72.8 Å². The highest BCUT2D eigenvalue weighted by atomic mass is 16.5. The van der Waals surface area contributed by atoms with Gasteiger partial charge >= 0.3 is 0 Å². The number of ether oxygens (including phenoxy) is 1. The highest BCUT2D eigenvalue weighted by Gasteiger charge is 2.16. The zero-order valence-electron chi connectivity index (χ0n) is 17.6. The van der Waals surface area contributed by atoms with Crippen molar-refractivity contribution in [1.82, 2.24) is 20.2 Å². The molecule has 0 saturated heterocycles. The Labute approximate surface area is 184 Å². The van der Waals surface area contributed by atoms with Gasteiger partial charge < -0.3 is 10.1 Å². The van der Waals surface area contributed by atoms with Crippen LogP contribution in [0.5, 0.6) is 5.75 Å². The number of para-hydroxylation sites is 1. The number of aromatic nitrogens is 4. The smallest absolute Gasteiger partial charge is 0.255 e. The highest BCUT2D eigenvalue weighted by Crippen LogP contribution is 2.25. The van der Waals surface area contributed by atoms with Crippen molar-refractivity contribution in [3.63, 3.8) is 0 Å². The minimum absolute atomic E-state index is 0.0585. The van der Waals surface area contributed by atoms with Crippen molar-refractivity contribution in [2.75, 3.05) is 12.4 Å². The summed E-state index contributed by atoms with van der Waals surface area (Å²) in [6, 6.07) is 21.4. The van der Waals surface area contributed by atoms with Crippen LogP contribution in [0.25, 0.3) is 11.4 Å². The van der Waals surface area contributed by atoms with Crippen LogP contribution in [0.4, 0.5) is 5.69 Å². The van der Waals surface area contributed by atoms with Crippen LogP contribution < -0.4 is 10.1 Å². The molecule has 3 aromatic carbocycles. The minimum Gasteiger partial charge on any atom is -0.497 e. The predicted octanol–water partition coefficient (Wildman–Crippen LogP) is 3.79. The van der Waals surface area contributed by atoms with Crippen LogP contribution >= 0.6 is 0 Å². The van der Waals surface area contributed by atoms with Gasteiger partial charge in [-0.25, -0.2) is 0 Å². The number of rotatable bonds is 7. The first-order chi connectivity index (χ1) is 15.5. The van der Waals surface area contributed by atoms with E-state index >= 15 is 0 Å². The van der Waals surface area contributed by atoms with E-state index < -0.39 is 0 Å². The Bertz CT molecular complexity index is 1260. The molecule has 4 rings (SSSR count). The third-order valence-corrected chi connectivity index (χ3v) is 4.96. The molecule has 0 spiro atoms. The number of benzene rings is 3. The molecule has 0 bridgehead atoms. The number of hydrogen-bond acceptors (Lipinski definition) is 6. The van der Waals surface area contributed by atoms with Crippen LogP contribution in [-0.4, -0.2) is 39.0 Å². The second kappa shape index (κ2) is 9.22. The SMILES string of the molecule is COc1ccc(C(=O)Cn2nnc(-c3ccccc3NC(=O)c3ccccc3C)n2)cc1. The van der Waals surface area contributed by atoms with Gasteiger partial charge in [0.25, 0.3) is 5.91 Å². The highest BCUT2D eigenvalue weighted by molar-refractivity contribution is 6.06. The average molecular weight is 427 g/mol. The van der Waals surface area contributed by atoms with Gasteiger partial charge in [-0.15, -0.1) is 10.2 Å². The summed E-state index contributed by atoms with van der Waals surface area (Å²) in [5.74, 6) is 0.607. The maximum absolute atomic E-state index is 12.7. The lowest BCUT2D eigenvalue weighted by atomic mass is 10.1. The second-order valence-corrected chi connectivity index (χ2v) is 7.11. The number of anilines is 1. The summed E-state index contributed by atoms with van der Waals surface area (Å²) < 4.78 is 5.11. The Morgan fingerprint density at radius 1 is 0.969 bits per heavy atom. The fourth-order valence-electron chi connectivity index (χ4n) is 3.22. The van der Waals surface area contributed by atoms with Crippen LogP contribution in [0.3, 0.4) is 0 Å². The largest absolute Gasteiger partial charge is 0.497 e. The summed E-state index contributed by atoms with van der Waals surface area (Å²) in [7, 11) is 1.57. The molecule has 4 aromatic rings. The van der Waals surface area contributed by atoms with E-state index in [9.17, 15) is 9.59 Å². The van der Waals surface area contributed by atoms with Crippen LogP contribution in [-0.2, 0) is 6.54 Å². The molecule has 0 aliphatic carbocycles. The number of hydrogen-bond donors (Lipinski definition) is 1. The molecular formula is C24H21N5O3. The molecule has 0 radical (unpaired) electrons. The molecule has 1 N–H and O–H groups in total. The van der Waals surface area contributed by atoms with Crippen LogP contribution in [0.2, 0.25) is 0 Å². The molecule has 0 unspecified atom stereocenters. The van der Waals surface area contributed by atoms with Crippen LogP contribution in [0.1, 0.15) is 26.3 Å². The molecule has 1 heterocycles. The summed E-state index contributed by atoms with van der Waals surface area (Å²) in [4.78, 5) is 26.5. The Kier molecular flexibility index (Phi) is 6.03. The lowest BCUT2D eigenvalue weighted by Crippen LogP contribution is -2.14. The molecule has 0 aliphatic rings. The quantitative estimate of drug-likeness (QED) is 0.451. The summed E-state index contributed by atoms with van der Waals surface area (Å²) in [5.41, 5.74) is 3.16. The van der Waals surface area contributed by atoms with Gasteiger partial charge in [0.1, 0.15) is 12.3 Å². The fraction of sp³-hybridized carbons (Fsp3) is 0.125. The number of aryl methyl sites for hydroxylation is 1. The maximum Gasteiger partial charge on any atom is 0.255 e. The summed E-state index contributed by atoms with van der Waals surface area (Å²) in [5, 5.41) is 15.3. The standard InChI is InChI=1S/C24H21N5O3/c1-16-7-3-4-8-19(16)24(31)25-21-10-6-5-9-20(21)23-26-28-29(27-23)15-22(30)17-11-13-18(32-2)14-12-17/h3-14H,15H2,1-2H3,(H,25,31). The Hall–Kier alpha value is -4.33. The van der Waals surface area contributed by atoms with E-state index in [0.29, 0.717) is 34.0 Å². The predicted molar refractivity (Wildman–Crippen MR) is 120 cm³/mol. The molecule has 32 heavy (non-hydrogen) atoms. The van der Waals surface area contributed by atoms with E-state index in [1.807, 2.05) is 37.3 Å². The molecular weight excluding hydrogens is 406 g/mol. The van der Waals surface area contributed by atoms with E-state index in [4.69, 9.17) is 4.74 Å². The van der Waals surface area contributed by atoms with Gasteiger partial charge in [-0.3, -0.25) is 9.59 Å². The monoisotopic (exact) mass is 427 g/mol. The van der Waals surface area contributed by atoms with Gasteiger partial charge in [-0.1, -0.05) is 30.3 Å². The summed E-state index contributed by atoms with van der Waals surface area (Å²) in [6.07, 6.45) is 0. The number of Topliss-reactive ketones (excluding diaryl/α,β-unsaturated/α-hetero) is 1. The fourth-order valence-corrected chi connectivity index (χ4v) is 3.22. The summed E-state index contributed by atoms with van der Waals surface area (Å²) >= 11 is 0. The molecule has 8 nitrogen and oxygen atoms in total. The lowest BCUT2D eigenvalue weighted by molar-refractivity contribution is 0.0960. The second-order valence-electron chi connectivity index (χ2n) is 7.11. The number of tetrazole rings is 1. The molecule has 0 atom stereocenters. The van der Waals surface area contributed by atoms with Crippen molar-refractivity contribution in [2.45, 2.75) is 13.5 Å². The van der Waals surface area contributed by atoms with Crippen molar-refractivity contribution in [2.24, 2.45) is 0 Å². The van der Waals surface area contributed by atoms with Crippen molar-refractivity contribution in [3.8, 4) is 17.1 Å².